The summed E-state index contributed by atoms with van der Waals surface area (Å²) in [6.45, 7) is 9.88. The molecule has 1 fully saturated rings. The zero-order valence-corrected chi connectivity index (χ0v) is 15.9. The molecule has 0 aliphatic carbocycles. The van der Waals surface area contributed by atoms with Crippen LogP contribution in [-0.4, -0.2) is 31.6 Å². The Balaban J connectivity index is 2.38. The molecule has 0 atom stereocenters. The van der Waals surface area contributed by atoms with E-state index in [0.717, 1.165) is 36.7 Å². The second-order valence-electron chi connectivity index (χ2n) is 5.83. The third-order valence-electron chi connectivity index (χ3n) is 3.59. The molecule has 0 saturated carbocycles. The summed E-state index contributed by atoms with van der Waals surface area (Å²) in [5.74, 6) is 0.619. The number of carbonyl (C=O) groups is 1. The van der Waals surface area contributed by atoms with Crippen molar-refractivity contribution in [3.05, 3.63) is 59.4 Å². The standard InChI is InChI=1S/C20H29ClN2O2/c1-4-6-9-18(21)10-7-8-13-23-20(24)17(5-2)12-11-16(3)25-19-14-22-15-19/h5,7-9,11-12,19,22H,2,4,6,10,13-15H2,1,3H3,(H,23,24)/b8-7+,16-11+,17-12+,18-9+. The fourth-order valence-electron chi connectivity index (χ4n) is 2.01. The van der Waals surface area contributed by atoms with E-state index in [0.29, 0.717) is 18.5 Å². The molecule has 0 radical (unpaired) electrons. The molecule has 1 saturated heterocycles. The molecule has 0 aromatic carbocycles. The number of carbonyl (C=O) groups excluding carboxylic acids is 1. The van der Waals surface area contributed by atoms with E-state index in [1.54, 1.807) is 12.2 Å². The van der Waals surface area contributed by atoms with Gasteiger partial charge in [-0.3, -0.25) is 4.79 Å². The van der Waals surface area contributed by atoms with E-state index < -0.39 is 0 Å². The molecule has 25 heavy (non-hydrogen) atoms. The molecule has 138 valence electrons. The van der Waals surface area contributed by atoms with Crippen molar-refractivity contribution in [2.45, 2.75) is 39.2 Å². The molecule has 1 amide bonds. The van der Waals surface area contributed by atoms with E-state index in [1.807, 2.05) is 25.2 Å². The summed E-state index contributed by atoms with van der Waals surface area (Å²) in [5.41, 5.74) is 0.504. The molecular formula is C20H29ClN2O2. The van der Waals surface area contributed by atoms with E-state index in [4.69, 9.17) is 16.3 Å². The van der Waals surface area contributed by atoms with Crippen molar-refractivity contribution in [2.24, 2.45) is 0 Å². The van der Waals surface area contributed by atoms with Gasteiger partial charge in [0.25, 0.3) is 5.91 Å². The zero-order valence-electron chi connectivity index (χ0n) is 15.2. The molecule has 1 aliphatic rings. The van der Waals surface area contributed by atoms with Crippen LogP contribution in [0, 0.1) is 0 Å². The molecule has 0 bridgehead atoms. The van der Waals surface area contributed by atoms with Crippen molar-refractivity contribution >= 4 is 17.5 Å². The van der Waals surface area contributed by atoms with Crippen molar-refractivity contribution in [1.29, 1.82) is 0 Å². The summed E-state index contributed by atoms with van der Waals surface area (Å²) in [6, 6.07) is 0. The highest BCUT2D eigenvalue weighted by Gasteiger charge is 2.17. The predicted octanol–water partition coefficient (Wildman–Crippen LogP) is 3.98. The summed E-state index contributed by atoms with van der Waals surface area (Å²) in [5, 5.41) is 6.81. The Morgan fingerprint density at radius 3 is 2.72 bits per heavy atom. The van der Waals surface area contributed by atoms with Gasteiger partial charge in [-0.25, -0.2) is 0 Å². The number of nitrogens with one attached hydrogen (secondary N) is 2. The number of hydrogen-bond acceptors (Lipinski definition) is 3. The first-order valence-electron chi connectivity index (χ1n) is 8.73. The van der Waals surface area contributed by atoms with Gasteiger partial charge in [0.2, 0.25) is 0 Å². The molecule has 0 unspecified atom stereocenters. The average molecular weight is 365 g/mol. The van der Waals surface area contributed by atoms with Crippen LogP contribution in [-0.2, 0) is 9.53 Å². The van der Waals surface area contributed by atoms with E-state index >= 15 is 0 Å². The summed E-state index contributed by atoms with van der Waals surface area (Å²) in [4.78, 5) is 12.1. The van der Waals surface area contributed by atoms with Gasteiger partial charge in [-0.1, -0.05) is 55.8 Å². The van der Waals surface area contributed by atoms with E-state index in [2.05, 4.69) is 24.1 Å². The smallest absolute Gasteiger partial charge is 0.251 e. The van der Waals surface area contributed by atoms with Gasteiger partial charge >= 0.3 is 0 Å². The quantitative estimate of drug-likeness (QED) is 0.252. The average Bonchev–Trinajstić information content (AvgIpc) is 2.56. The lowest BCUT2D eigenvalue weighted by Gasteiger charge is -2.28. The number of amides is 1. The Labute approximate surface area is 156 Å². The number of ether oxygens (including phenoxy) is 1. The van der Waals surface area contributed by atoms with Crippen LogP contribution in [0.3, 0.4) is 0 Å². The molecule has 1 rings (SSSR count). The van der Waals surface area contributed by atoms with Crippen molar-refractivity contribution in [3.63, 3.8) is 0 Å². The summed E-state index contributed by atoms with van der Waals surface area (Å²) >= 11 is 6.07. The van der Waals surface area contributed by atoms with Crippen LogP contribution in [0.4, 0.5) is 0 Å². The highest BCUT2D eigenvalue weighted by Crippen LogP contribution is 2.10. The van der Waals surface area contributed by atoms with Crippen LogP contribution in [0.25, 0.3) is 0 Å². The summed E-state index contributed by atoms with van der Waals surface area (Å²) in [7, 11) is 0. The minimum absolute atomic E-state index is 0.165. The van der Waals surface area contributed by atoms with Gasteiger partial charge in [0.05, 0.1) is 5.76 Å². The molecule has 0 aromatic rings. The Morgan fingerprint density at radius 1 is 1.36 bits per heavy atom. The lowest BCUT2D eigenvalue weighted by Crippen LogP contribution is -2.48. The minimum atomic E-state index is -0.165. The van der Waals surface area contributed by atoms with Gasteiger partial charge in [-0.05, 0) is 25.5 Å². The second-order valence-corrected chi connectivity index (χ2v) is 6.31. The zero-order chi connectivity index (χ0) is 18.5. The van der Waals surface area contributed by atoms with Gasteiger partial charge in [0.15, 0.2) is 0 Å². The summed E-state index contributed by atoms with van der Waals surface area (Å²) in [6.07, 6.45) is 13.9. The van der Waals surface area contributed by atoms with Crippen molar-refractivity contribution in [2.75, 3.05) is 19.6 Å². The van der Waals surface area contributed by atoms with Crippen LogP contribution < -0.4 is 10.6 Å². The van der Waals surface area contributed by atoms with Crippen LogP contribution in [0.1, 0.15) is 33.1 Å². The third kappa shape index (κ3) is 9.32. The first kappa shape index (κ1) is 21.3. The number of unbranched alkanes of at least 4 members (excludes halogenated alkanes) is 1. The van der Waals surface area contributed by atoms with E-state index in [9.17, 15) is 4.79 Å². The topological polar surface area (TPSA) is 50.4 Å². The second kappa shape index (κ2) is 12.6. The molecular weight excluding hydrogens is 336 g/mol. The highest BCUT2D eigenvalue weighted by molar-refractivity contribution is 6.29. The van der Waals surface area contributed by atoms with Crippen molar-refractivity contribution in [3.8, 4) is 0 Å². The maximum absolute atomic E-state index is 12.1. The highest BCUT2D eigenvalue weighted by atomic mass is 35.5. The maximum Gasteiger partial charge on any atom is 0.251 e. The van der Waals surface area contributed by atoms with Gasteiger partial charge < -0.3 is 15.4 Å². The molecule has 0 aromatic heterocycles. The lowest BCUT2D eigenvalue weighted by atomic mass is 10.2. The van der Waals surface area contributed by atoms with Gasteiger partial charge in [-0.15, -0.1) is 0 Å². The Hall–Kier alpha value is -1.78. The van der Waals surface area contributed by atoms with Crippen LogP contribution in [0.2, 0.25) is 0 Å². The Bertz CT molecular complexity index is 558. The fourth-order valence-corrected chi connectivity index (χ4v) is 2.21. The molecule has 2 N–H and O–H groups in total. The predicted molar refractivity (Wildman–Crippen MR) is 105 cm³/mol. The number of halogens is 1. The number of hydrogen-bond donors (Lipinski definition) is 2. The normalized spacial score (nSPS) is 16.7. The maximum atomic E-state index is 12.1. The van der Waals surface area contributed by atoms with Gasteiger partial charge in [0.1, 0.15) is 6.10 Å². The fraction of sp³-hybridized carbons (Fsp3) is 0.450. The Kier molecular flexibility index (Phi) is 10.7. The number of allylic oxidation sites excluding steroid dienone is 6. The van der Waals surface area contributed by atoms with Gasteiger partial charge in [-0.2, -0.15) is 0 Å². The molecule has 1 heterocycles. The Morgan fingerprint density at radius 2 is 2.12 bits per heavy atom. The summed E-state index contributed by atoms with van der Waals surface area (Å²) < 4.78 is 5.68. The van der Waals surface area contributed by atoms with E-state index in [-0.39, 0.29) is 12.0 Å². The van der Waals surface area contributed by atoms with E-state index in [1.165, 1.54) is 6.08 Å². The van der Waals surface area contributed by atoms with Crippen molar-refractivity contribution < 1.29 is 9.53 Å². The molecule has 1 aliphatic heterocycles. The largest absolute Gasteiger partial charge is 0.492 e. The van der Waals surface area contributed by atoms with Crippen molar-refractivity contribution in [1.82, 2.24) is 10.6 Å². The molecule has 4 nitrogen and oxygen atoms in total. The monoisotopic (exact) mass is 364 g/mol. The van der Waals surface area contributed by atoms with Gasteiger partial charge in [0, 0.05) is 36.7 Å². The third-order valence-corrected chi connectivity index (χ3v) is 3.90. The van der Waals surface area contributed by atoms with Crippen LogP contribution >= 0.6 is 11.6 Å². The minimum Gasteiger partial charge on any atom is -0.492 e. The molecule has 0 spiro atoms. The van der Waals surface area contributed by atoms with Crippen LogP contribution in [0.15, 0.2) is 59.4 Å². The first-order valence-corrected chi connectivity index (χ1v) is 9.10. The SMILES string of the molecule is C=C/C(=C\C=C(/C)OC1CNC1)C(=O)NC/C=C/C/C(Cl)=C\CCC. The first-order chi connectivity index (χ1) is 12.1. The lowest BCUT2D eigenvalue weighted by molar-refractivity contribution is -0.116. The number of rotatable bonds is 11. The van der Waals surface area contributed by atoms with Crippen LogP contribution in [0.5, 0.6) is 0 Å². The molecule has 5 heteroatoms.